The van der Waals surface area contributed by atoms with E-state index in [0.717, 1.165) is 30.8 Å². The van der Waals surface area contributed by atoms with Gasteiger partial charge in [0.1, 0.15) is 0 Å². The van der Waals surface area contributed by atoms with Crippen LogP contribution < -0.4 is 5.32 Å². The quantitative estimate of drug-likeness (QED) is 0.427. The van der Waals surface area contributed by atoms with E-state index in [1.54, 1.807) is 13.1 Å². The molecule has 2 amide bonds. The van der Waals surface area contributed by atoms with Gasteiger partial charge in [-0.25, -0.2) is 14.7 Å². The van der Waals surface area contributed by atoms with Crippen LogP contribution in [-0.2, 0) is 11.3 Å². The molecule has 1 aliphatic rings. The van der Waals surface area contributed by atoms with Crippen LogP contribution in [0.4, 0.5) is 0 Å². The predicted octanol–water partition coefficient (Wildman–Crippen LogP) is 3.97. The topological polar surface area (TPSA) is 95.7 Å². The summed E-state index contributed by atoms with van der Waals surface area (Å²) >= 11 is 0. The number of likely N-dealkylation sites (N-methyl/N-ethyl adjacent to an activating group) is 2. The maximum absolute atomic E-state index is 13.5. The minimum atomic E-state index is -0.462. The number of rotatable bonds is 10. The zero-order valence-electron chi connectivity index (χ0n) is 24.0. The van der Waals surface area contributed by atoms with Crippen molar-refractivity contribution < 1.29 is 9.59 Å². The fourth-order valence-electron chi connectivity index (χ4n) is 4.72. The van der Waals surface area contributed by atoms with E-state index in [-0.39, 0.29) is 24.4 Å². The summed E-state index contributed by atoms with van der Waals surface area (Å²) < 4.78 is 1.83. The van der Waals surface area contributed by atoms with E-state index in [4.69, 9.17) is 4.98 Å². The molecule has 0 radical (unpaired) electrons. The number of dihydropyridines is 1. The van der Waals surface area contributed by atoms with Gasteiger partial charge in [-0.2, -0.15) is 5.10 Å². The first-order chi connectivity index (χ1) is 18.5. The summed E-state index contributed by atoms with van der Waals surface area (Å²) in [6.07, 6.45) is 3.58. The molecule has 0 saturated carbocycles. The van der Waals surface area contributed by atoms with Gasteiger partial charge in [-0.3, -0.25) is 9.59 Å². The summed E-state index contributed by atoms with van der Waals surface area (Å²) in [6, 6.07) is 10.2. The van der Waals surface area contributed by atoms with Gasteiger partial charge >= 0.3 is 0 Å². The van der Waals surface area contributed by atoms with Crippen molar-refractivity contribution in [3.63, 3.8) is 0 Å². The Morgan fingerprint density at radius 1 is 1.10 bits per heavy atom. The molecule has 0 aliphatic carbocycles. The van der Waals surface area contributed by atoms with Gasteiger partial charge in [-0.05, 0) is 66.5 Å². The van der Waals surface area contributed by atoms with Crippen LogP contribution in [0.1, 0.15) is 49.7 Å². The number of benzene rings is 1. The molecule has 1 aromatic carbocycles. The van der Waals surface area contributed by atoms with Crippen molar-refractivity contribution in [2.24, 2.45) is 10.9 Å². The molecule has 1 atom stereocenters. The van der Waals surface area contributed by atoms with E-state index in [9.17, 15) is 9.59 Å². The Morgan fingerprint density at radius 2 is 1.82 bits per heavy atom. The van der Waals surface area contributed by atoms with Gasteiger partial charge in [-0.1, -0.05) is 29.8 Å². The lowest BCUT2D eigenvalue weighted by Crippen LogP contribution is -2.34. The van der Waals surface area contributed by atoms with Gasteiger partial charge in [0.15, 0.2) is 5.65 Å². The number of carbonyl (C=O) groups excluding carboxylic acids is 2. The van der Waals surface area contributed by atoms with Crippen LogP contribution in [0.3, 0.4) is 0 Å². The van der Waals surface area contributed by atoms with Crippen molar-refractivity contribution in [1.82, 2.24) is 29.9 Å². The number of nitrogens with zero attached hydrogens (tertiary/aromatic N) is 6. The number of pyridine rings is 1. The molecule has 39 heavy (non-hydrogen) atoms. The van der Waals surface area contributed by atoms with E-state index >= 15 is 0 Å². The summed E-state index contributed by atoms with van der Waals surface area (Å²) in [5.41, 5.74) is 5.57. The number of aliphatic imine (C=N–C) groups is 1. The molecular weight excluding hydrogens is 490 g/mol. The SMILES string of the molecule is CC1=CC(C)=NC(=O)C1CNC(=O)c1cc(-c2ccc(CN(C)CCN(C)C)cc2)nc2c1cnn2C(C)C. The number of fused-ring (bicyclic) bond motifs is 1. The number of amides is 2. The third-order valence-corrected chi connectivity index (χ3v) is 6.97. The first-order valence-electron chi connectivity index (χ1n) is 13.4. The Bertz CT molecular complexity index is 1420. The minimum Gasteiger partial charge on any atom is -0.351 e. The number of aromatic nitrogens is 3. The highest BCUT2D eigenvalue weighted by atomic mass is 16.2. The lowest BCUT2D eigenvalue weighted by molar-refractivity contribution is -0.120. The molecule has 3 heterocycles. The van der Waals surface area contributed by atoms with Crippen molar-refractivity contribution in [2.75, 3.05) is 40.8 Å². The van der Waals surface area contributed by atoms with Crippen molar-refractivity contribution in [3.05, 3.63) is 59.3 Å². The third kappa shape index (κ3) is 6.66. The summed E-state index contributed by atoms with van der Waals surface area (Å²) in [7, 11) is 6.28. The fraction of sp³-hybridized carbons (Fsp3) is 0.433. The normalized spacial score (nSPS) is 15.8. The van der Waals surface area contributed by atoms with Gasteiger partial charge in [0, 0.05) is 43.5 Å². The molecule has 1 aliphatic heterocycles. The fourth-order valence-corrected chi connectivity index (χ4v) is 4.72. The number of carbonyl (C=O) groups is 2. The van der Waals surface area contributed by atoms with Crippen LogP contribution in [0.5, 0.6) is 0 Å². The summed E-state index contributed by atoms with van der Waals surface area (Å²) in [4.78, 5) is 39.4. The largest absolute Gasteiger partial charge is 0.351 e. The molecule has 0 saturated heterocycles. The van der Waals surface area contributed by atoms with Crippen LogP contribution in [-0.4, -0.2) is 82.9 Å². The maximum Gasteiger partial charge on any atom is 0.254 e. The molecule has 9 heteroatoms. The second-order valence-corrected chi connectivity index (χ2v) is 11.0. The number of hydrogen-bond acceptors (Lipinski definition) is 6. The number of nitrogens with one attached hydrogen (secondary N) is 1. The van der Waals surface area contributed by atoms with E-state index in [1.165, 1.54) is 5.56 Å². The van der Waals surface area contributed by atoms with Crippen LogP contribution in [0, 0.1) is 5.92 Å². The zero-order chi connectivity index (χ0) is 28.3. The lowest BCUT2D eigenvalue weighted by atomic mass is 9.95. The Labute approximate surface area is 230 Å². The number of allylic oxidation sites excluding steroid dienone is 1. The van der Waals surface area contributed by atoms with Gasteiger partial charge in [0.05, 0.1) is 28.8 Å². The summed E-state index contributed by atoms with van der Waals surface area (Å²) in [5.74, 6) is -0.956. The highest BCUT2D eigenvalue weighted by Crippen LogP contribution is 2.27. The molecule has 4 rings (SSSR count). The molecule has 0 fully saturated rings. The van der Waals surface area contributed by atoms with Crippen molar-refractivity contribution in [2.45, 2.75) is 40.3 Å². The molecule has 206 valence electrons. The number of hydrogen-bond donors (Lipinski definition) is 1. The molecule has 0 spiro atoms. The van der Waals surface area contributed by atoms with Gasteiger partial charge in [0.25, 0.3) is 11.8 Å². The first-order valence-corrected chi connectivity index (χ1v) is 13.4. The second-order valence-electron chi connectivity index (χ2n) is 11.0. The molecule has 0 bridgehead atoms. The standard InChI is InChI=1S/C30H39N7O2/c1-19(2)37-28-26(17-32-37)24(29(38)31-16-25-20(3)14-21(4)33-30(25)39)15-27(34-28)23-10-8-22(9-11-23)18-36(7)13-12-35(5)6/h8-11,14-15,17,19,25H,12-13,16,18H2,1-7H3,(H,31,38). The Kier molecular flexibility index (Phi) is 8.72. The van der Waals surface area contributed by atoms with E-state index in [1.807, 2.05) is 37.6 Å². The Morgan fingerprint density at radius 3 is 2.46 bits per heavy atom. The van der Waals surface area contributed by atoms with Crippen molar-refractivity contribution in [3.8, 4) is 11.3 Å². The molecule has 1 unspecified atom stereocenters. The smallest absolute Gasteiger partial charge is 0.254 e. The van der Waals surface area contributed by atoms with E-state index < -0.39 is 5.92 Å². The average molecular weight is 530 g/mol. The van der Waals surface area contributed by atoms with E-state index in [2.05, 4.69) is 70.6 Å². The second kappa shape index (κ2) is 12.0. The first kappa shape index (κ1) is 28.3. The van der Waals surface area contributed by atoms with Gasteiger partial charge < -0.3 is 15.1 Å². The monoisotopic (exact) mass is 529 g/mol. The molecular formula is C30H39N7O2. The third-order valence-electron chi connectivity index (χ3n) is 6.97. The Balaban J connectivity index is 1.60. The highest BCUT2D eigenvalue weighted by Gasteiger charge is 2.25. The lowest BCUT2D eigenvalue weighted by Gasteiger charge is -2.19. The molecule has 1 N–H and O–H groups in total. The average Bonchev–Trinajstić information content (AvgIpc) is 3.31. The van der Waals surface area contributed by atoms with E-state index in [0.29, 0.717) is 28.0 Å². The van der Waals surface area contributed by atoms with Crippen LogP contribution >= 0.6 is 0 Å². The minimum absolute atomic E-state index is 0.0787. The van der Waals surface area contributed by atoms with Crippen LogP contribution in [0.2, 0.25) is 0 Å². The van der Waals surface area contributed by atoms with Crippen molar-refractivity contribution >= 4 is 28.6 Å². The summed E-state index contributed by atoms with van der Waals surface area (Å²) in [5, 5.41) is 8.16. The van der Waals surface area contributed by atoms with Crippen molar-refractivity contribution in [1.29, 1.82) is 0 Å². The van der Waals surface area contributed by atoms with Crippen LogP contribution in [0.15, 0.2) is 53.2 Å². The molecule has 3 aromatic rings. The maximum atomic E-state index is 13.5. The highest BCUT2D eigenvalue weighted by molar-refractivity contribution is 6.08. The predicted molar refractivity (Wildman–Crippen MR) is 156 cm³/mol. The van der Waals surface area contributed by atoms with Gasteiger partial charge in [-0.15, -0.1) is 0 Å². The molecule has 9 nitrogen and oxygen atoms in total. The zero-order valence-corrected chi connectivity index (χ0v) is 24.0. The Hall–Kier alpha value is -3.69. The van der Waals surface area contributed by atoms with Crippen LogP contribution in [0.25, 0.3) is 22.3 Å². The van der Waals surface area contributed by atoms with Gasteiger partial charge in [0.2, 0.25) is 0 Å². The summed E-state index contributed by atoms with van der Waals surface area (Å²) in [6.45, 7) is 10.8. The molecule has 2 aromatic heterocycles.